The molecule has 1 fully saturated rings. The highest BCUT2D eigenvalue weighted by atomic mass is 15.2. The first kappa shape index (κ1) is 12.8. The Kier molecular flexibility index (Phi) is 4.11. The van der Waals surface area contributed by atoms with E-state index >= 15 is 0 Å². The summed E-state index contributed by atoms with van der Waals surface area (Å²) >= 11 is 0. The fourth-order valence-electron chi connectivity index (χ4n) is 2.31. The number of rotatable bonds is 4. The first-order valence-corrected chi connectivity index (χ1v) is 6.42. The monoisotopic (exact) mass is 245 g/mol. The Morgan fingerprint density at radius 3 is 2.83 bits per heavy atom. The summed E-state index contributed by atoms with van der Waals surface area (Å²) in [5.41, 5.74) is 1.23. The topological polar surface area (TPSA) is 64.8 Å². The van der Waals surface area contributed by atoms with Crippen LogP contribution >= 0.6 is 0 Å². The third-order valence-electron chi connectivity index (χ3n) is 3.08. The quantitative estimate of drug-likeness (QED) is 0.872. The maximum Gasteiger partial charge on any atom is 0.224 e. The van der Waals surface area contributed by atoms with Crippen LogP contribution in [0.25, 0.3) is 0 Å². The minimum atomic E-state index is 0.288. The Bertz CT molecular complexity index is 445. The number of nitriles is 1. The third kappa shape index (κ3) is 3.41. The lowest BCUT2D eigenvalue weighted by Crippen LogP contribution is -2.33. The van der Waals surface area contributed by atoms with Gasteiger partial charge < -0.3 is 10.2 Å². The SMILES string of the molecule is Cc1cc(C#N)nc(NC(C)CN2CCCC2)n1. The first-order chi connectivity index (χ1) is 8.67. The molecule has 2 rings (SSSR count). The van der Waals surface area contributed by atoms with Crippen molar-refractivity contribution in [3.8, 4) is 6.07 Å². The van der Waals surface area contributed by atoms with Crippen molar-refractivity contribution in [1.82, 2.24) is 14.9 Å². The van der Waals surface area contributed by atoms with Gasteiger partial charge in [0, 0.05) is 18.3 Å². The van der Waals surface area contributed by atoms with E-state index in [4.69, 9.17) is 5.26 Å². The number of hydrogen-bond donors (Lipinski definition) is 1. The number of hydrogen-bond acceptors (Lipinski definition) is 5. The standard InChI is InChI=1S/C13H19N5/c1-10-7-12(8-14)17-13(15-10)16-11(2)9-18-5-3-4-6-18/h7,11H,3-6,9H2,1-2H3,(H,15,16,17). The fourth-order valence-corrected chi connectivity index (χ4v) is 2.31. The van der Waals surface area contributed by atoms with E-state index in [1.165, 1.54) is 25.9 Å². The Balaban J connectivity index is 1.95. The number of nitrogens with zero attached hydrogens (tertiary/aromatic N) is 4. The summed E-state index contributed by atoms with van der Waals surface area (Å²) in [5.74, 6) is 0.554. The predicted octanol–water partition coefficient (Wildman–Crippen LogP) is 1.55. The number of aryl methyl sites for hydroxylation is 1. The molecule has 5 nitrogen and oxygen atoms in total. The van der Waals surface area contributed by atoms with Crippen molar-refractivity contribution in [2.24, 2.45) is 0 Å². The molecule has 0 aromatic carbocycles. The molecule has 2 heterocycles. The van der Waals surface area contributed by atoms with Crippen molar-refractivity contribution >= 4 is 5.95 Å². The number of aromatic nitrogens is 2. The van der Waals surface area contributed by atoms with Crippen LogP contribution in [0.15, 0.2) is 6.07 Å². The van der Waals surface area contributed by atoms with Crippen molar-refractivity contribution < 1.29 is 0 Å². The molecule has 1 unspecified atom stereocenters. The third-order valence-corrected chi connectivity index (χ3v) is 3.08. The second-order valence-electron chi connectivity index (χ2n) is 4.88. The van der Waals surface area contributed by atoms with Gasteiger partial charge in [-0.15, -0.1) is 0 Å². The van der Waals surface area contributed by atoms with E-state index in [2.05, 4.69) is 33.2 Å². The molecular weight excluding hydrogens is 226 g/mol. The van der Waals surface area contributed by atoms with Gasteiger partial charge in [0.15, 0.2) is 0 Å². The lowest BCUT2D eigenvalue weighted by Gasteiger charge is -2.21. The molecule has 96 valence electrons. The van der Waals surface area contributed by atoms with Gasteiger partial charge in [-0.3, -0.25) is 0 Å². The van der Waals surface area contributed by atoms with E-state index in [9.17, 15) is 0 Å². The van der Waals surface area contributed by atoms with E-state index in [1.807, 2.05) is 6.92 Å². The van der Waals surface area contributed by atoms with Gasteiger partial charge in [-0.05, 0) is 45.8 Å². The normalized spacial score (nSPS) is 17.4. The van der Waals surface area contributed by atoms with Gasteiger partial charge in [0.2, 0.25) is 5.95 Å². The van der Waals surface area contributed by atoms with Gasteiger partial charge in [-0.1, -0.05) is 0 Å². The molecule has 0 saturated carbocycles. The molecule has 0 amide bonds. The highest BCUT2D eigenvalue weighted by molar-refractivity contribution is 5.33. The van der Waals surface area contributed by atoms with Gasteiger partial charge in [-0.2, -0.15) is 5.26 Å². The van der Waals surface area contributed by atoms with E-state index in [0.29, 0.717) is 11.6 Å². The minimum absolute atomic E-state index is 0.288. The molecule has 0 aliphatic carbocycles. The highest BCUT2D eigenvalue weighted by Crippen LogP contribution is 2.10. The summed E-state index contributed by atoms with van der Waals surface area (Å²) in [6.07, 6.45) is 2.60. The smallest absolute Gasteiger partial charge is 0.224 e. The fraction of sp³-hybridized carbons (Fsp3) is 0.615. The molecule has 18 heavy (non-hydrogen) atoms. The average Bonchev–Trinajstić information content (AvgIpc) is 2.80. The Labute approximate surface area is 108 Å². The molecule has 1 atom stereocenters. The largest absolute Gasteiger partial charge is 0.350 e. The zero-order chi connectivity index (χ0) is 13.0. The molecule has 0 bridgehead atoms. The van der Waals surface area contributed by atoms with Crippen LogP contribution < -0.4 is 5.32 Å². The van der Waals surface area contributed by atoms with Crippen molar-refractivity contribution in [2.45, 2.75) is 32.7 Å². The summed E-state index contributed by atoms with van der Waals surface area (Å²) in [6, 6.07) is 4.03. The van der Waals surface area contributed by atoms with Crippen molar-refractivity contribution in [3.05, 3.63) is 17.5 Å². The van der Waals surface area contributed by atoms with Crippen LogP contribution in [0.4, 0.5) is 5.95 Å². The summed E-state index contributed by atoms with van der Waals surface area (Å²) in [6.45, 7) is 7.36. The van der Waals surface area contributed by atoms with Crippen molar-refractivity contribution in [2.75, 3.05) is 25.0 Å². The van der Waals surface area contributed by atoms with Crippen LogP contribution in [-0.4, -0.2) is 40.5 Å². The van der Waals surface area contributed by atoms with E-state index in [0.717, 1.165) is 12.2 Å². The van der Waals surface area contributed by atoms with Gasteiger partial charge in [0.05, 0.1) is 0 Å². The molecular formula is C13H19N5. The second kappa shape index (κ2) is 5.78. The Morgan fingerprint density at radius 1 is 1.44 bits per heavy atom. The predicted molar refractivity (Wildman–Crippen MR) is 70.2 cm³/mol. The molecule has 0 radical (unpaired) electrons. The minimum Gasteiger partial charge on any atom is -0.350 e. The van der Waals surface area contributed by atoms with Gasteiger partial charge in [-0.25, -0.2) is 9.97 Å². The molecule has 0 spiro atoms. The van der Waals surface area contributed by atoms with E-state index in [-0.39, 0.29) is 6.04 Å². The molecule has 5 heteroatoms. The number of anilines is 1. The van der Waals surface area contributed by atoms with Crippen LogP contribution in [0.1, 0.15) is 31.2 Å². The van der Waals surface area contributed by atoms with Gasteiger partial charge in [0.1, 0.15) is 11.8 Å². The Hall–Kier alpha value is -1.67. The molecule has 1 aromatic heterocycles. The maximum absolute atomic E-state index is 8.87. The molecule has 1 aromatic rings. The van der Waals surface area contributed by atoms with Crippen molar-refractivity contribution in [3.63, 3.8) is 0 Å². The van der Waals surface area contributed by atoms with Crippen LogP contribution in [0, 0.1) is 18.3 Å². The van der Waals surface area contributed by atoms with Crippen LogP contribution in [0.5, 0.6) is 0 Å². The van der Waals surface area contributed by atoms with E-state index in [1.54, 1.807) is 6.07 Å². The molecule has 1 saturated heterocycles. The lowest BCUT2D eigenvalue weighted by atomic mass is 10.3. The van der Waals surface area contributed by atoms with Gasteiger partial charge >= 0.3 is 0 Å². The average molecular weight is 245 g/mol. The lowest BCUT2D eigenvalue weighted by molar-refractivity contribution is 0.327. The number of likely N-dealkylation sites (tertiary alicyclic amines) is 1. The first-order valence-electron chi connectivity index (χ1n) is 6.42. The zero-order valence-electron chi connectivity index (χ0n) is 11.0. The summed E-state index contributed by atoms with van der Waals surface area (Å²) < 4.78 is 0. The Morgan fingerprint density at radius 2 is 2.17 bits per heavy atom. The summed E-state index contributed by atoms with van der Waals surface area (Å²) in [4.78, 5) is 10.9. The molecule has 1 aliphatic heterocycles. The van der Waals surface area contributed by atoms with Crippen molar-refractivity contribution in [1.29, 1.82) is 5.26 Å². The summed E-state index contributed by atoms with van der Waals surface area (Å²) in [5, 5.41) is 12.1. The maximum atomic E-state index is 8.87. The molecule has 1 N–H and O–H groups in total. The molecule has 1 aliphatic rings. The van der Waals surface area contributed by atoms with Crippen LogP contribution in [0.2, 0.25) is 0 Å². The van der Waals surface area contributed by atoms with Crippen LogP contribution in [-0.2, 0) is 0 Å². The zero-order valence-corrected chi connectivity index (χ0v) is 11.0. The van der Waals surface area contributed by atoms with Crippen LogP contribution in [0.3, 0.4) is 0 Å². The van der Waals surface area contributed by atoms with E-state index < -0.39 is 0 Å². The summed E-state index contributed by atoms with van der Waals surface area (Å²) in [7, 11) is 0. The number of nitrogens with one attached hydrogen (secondary N) is 1. The second-order valence-corrected chi connectivity index (χ2v) is 4.88. The van der Waals surface area contributed by atoms with Gasteiger partial charge in [0.25, 0.3) is 0 Å². The highest BCUT2D eigenvalue weighted by Gasteiger charge is 2.15.